The summed E-state index contributed by atoms with van der Waals surface area (Å²) in [6, 6.07) is 7.84. The average molecular weight is 427 g/mol. The maximum absolute atomic E-state index is 13.7. The summed E-state index contributed by atoms with van der Waals surface area (Å²) >= 11 is 0. The van der Waals surface area contributed by atoms with E-state index in [2.05, 4.69) is 20.4 Å². The fourth-order valence-corrected chi connectivity index (χ4v) is 3.67. The molecule has 1 atom stereocenters. The molecule has 1 aliphatic rings. The van der Waals surface area contributed by atoms with Crippen molar-refractivity contribution in [2.24, 2.45) is 0 Å². The number of pyridine rings is 2. The maximum atomic E-state index is 13.7. The van der Waals surface area contributed by atoms with Crippen molar-refractivity contribution in [3.8, 4) is 17.1 Å². The Morgan fingerprint density at radius 3 is 2.77 bits per heavy atom. The van der Waals surface area contributed by atoms with Crippen molar-refractivity contribution < 1.29 is 18.3 Å². The number of carbonyl (C=O) groups excluding carboxylic acids is 1. The molecule has 1 N–H and O–H groups in total. The quantitative estimate of drug-likeness (QED) is 0.663. The van der Waals surface area contributed by atoms with Crippen LogP contribution in [0.2, 0.25) is 0 Å². The summed E-state index contributed by atoms with van der Waals surface area (Å²) in [5, 5.41) is 7.69. The monoisotopic (exact) mass is 427 g/mol. The minimum absolute atomic E-state index is 0.237. The number of aryl methyl sites for hydroxylation is 1. The van der Waals surface area contributed by atoms with Crippen LogP contribution in [0.15, 0.2) is 42.7 Å². The second kappa shape index (κ2) is 8.41. The molecule has 4 rings (SSSR count). The van der Waals surface area contributed by atoms with Gasteiger partial charge in [0.25, 0.3) is 11.8 Å². The number of ether oxygens (including phenoxy) is 1. The highest BCUT2D eigenvalue weighted by molar-refractivity contribution is 5.94. The number of carbonyl (C=O) groups is 1. The Morgan fingerprint density at radius 1 is 1.19 bits per heavy atom. The number of nitrogens with one attached hydrogen (secondary N) is 1. The zero-order chi connectivity index (χ0) is 22.0. The molecule has 162 valence electrons. The van der Waals surface area contributed by atoms with Crippen molar-refractivity contribution in [3.05, 3.63) is 59.7 Å². The molecule has 31 heavy (non-hydrogen) atoms. The van der Waals surface area contributed by atoms with Gasteiger partial charge in [-0.25, -0.2) is 4.98 Å². The second-order valence-electron chi connectivity index (χ2n) is 7.60. The lowest BCUT2D eigenvalue weighted by molar-refractivity contribution is 0.0128. The summed E-state index contributed by atoms with van der Waals surface area (Å²) in [4.78, 5) is 20.6. The first-order valence-corrected chi connectivity index (χ1v) is 10.1. The normalized spacial score (nSPS) is 16.3. The summed E-state index contributed by atoms with van der Waals surface area (Å²) in [6.45, 7) is 1.52. The number of amides is 1. The van der Waals surface area contributed by atoms with E-state index in [1.807, 2.05) is 10.7 Å². The molecular formula is C22H23F2N5O2. The predicted molar refractivity (Wildman–Crippen MR) is 110 cm³/mol. The van der Waals surface area contributed by atoms with Gasteiger partial charge in [-0.05, 0) is 43.5 Å². The van der Waals surface area contributed by atoms with Gasteiger partial charge in [0.15, 0.2) is 0 Å². The third kappa shape index (κ3) is 4.55. The van der Waals surface area contributed by atoms with E-state index in [0.717, 1.165) is 31.9 Å². The highest BCUT2D eigenvalue weighted by Crippen LogP contribution is 2.31. The van der Waals surface area contributed by atoms with Crippen LogP contribution in [0.3, 0.4) is 0 Å². The van der Waals surface area contributed by atoms with Crippen LogP contribution < -0.4 is 10.1 Å². The van der Waals surface area contributed by atoms with E-state index in [-0.39, 0.29) is 17.6 Å². The second-order valence-corrected chi connectivity index (χ2v) is 7.60. The van der Waals surface area contributed by atoms with Crippen molar-refractivity contribution in [1.29, 1.82) is 0 Å². The number of nitrogens with zero attached hydrogens (tertiary/aromatic N) is 4. The van der Waals surface area contributed by atoms with E-state index in [0.29, 0.717) is 29.2 Å². The Hall–Kier alpha value is -3.36. The van der Waals surface area contributed by atoms with Crippen LogP contribution in [0.5, 0.6) is 5.88 Å². The third-order valence-electron chi connectivity index (χ3n) is 5.30. The number of methoxy groups -OCH3 is 1. The molecular weight excluding hydrogens is 404 g/mol. The van der Waals surface area contributed by atoms with E-state index in [9.17, 15) is 13.6 Å². The van der Waals surface area contributed by atoms with E-state index < -0.39 is 5.92 Å². The van der Waals surface area contributed by atoms with Gasteiger partial charge in [-0.3, -0.25) is 14.5 Å². The molecule has 1 aliphatic heterocycles. The summed E-state index contributed by atoms with van der Waals surface area (Å²) in [5.41, 5.74) is 2.14. The van der Waals surface area contributed by atoms with Crippen molar-refractivity contribution in [1.82, 2.24) is 25.1 Å². The summed E-state index contributed by atoms with van der Waals surface area (Å²) in [7, 11) is 1.49. The van der Waals surface area contributed by atoms with Crippen LogP contribution in [0.4, 0.5) is 8.78 Å². The van der Waals surface area contributed by atoms with Crippen molar-refractivity contribution in [2.75, 3.05) is 7.11 Å². The molecule has 0 saturated heterocycles. The first kappa shape index (κ1) is 20.9. The highest BCUT2D eigenvalue weighted by atomic mass is 19.3. The topological polar surface area (TPSA) is 81.9 Å². The van der Waals surface area contributed by atoms with Crippen LogP contribution in [-0.4, -0.2) is 32.8 Å². The number of rotatable bonds is 5. The van der Waals surface area contributed by atoms with Gasteiger partial charge in [0.1, 0.15) is 5.69 Å². The smallest absolute Gasteiger partial charge is 0.286 e. The van der Waals surface area contributed by atoms with Crippen molar-refractivity contribution in [2.45, 2.75) is 44.7 Å². The number of halogens is 2. The Bertz CT molecular complexity index is 1090. The van der Waals surface area contributed by atoms with Gasteiger partial charge < -0.3 is 10.1 Å². The van der Waals surface area contributed by atoms with Crippen LogP contribution in [-0.2, 0) is 12.5 Å². The fourth-order valence-electron chi connectivity index (χ4n) is 3.67. The largest absolute Gasteiger partial charge is 0.481 e. The molecule has 9 heteroatoms. The van der Waals surface area contributed by atoms with Gasteiger partial charge in [0.05, 0.1) is 24.5 Å². The zero-order valence-electron chi connectivity index (χ0n) is 17.3. The molecule has 0 fully saturated rings. The Kier molecular flexibility index (Phi) is 5.67. The van der Waals surface area contributed by atoms with Gasteiger partial charge in [-0.15, -0.1) is 0 Å². The predicted octanol–water partition coefficient (Wildman–Crippen LogP) is 4.12. The summed E-state index contributed by atoms with van der Waals surface area (Å²) < 4.78 is 34.4. The maximum Gasteiger partial charge on any atom is 0.286 e. The average Bonchev–Trinajstić information content (AvgIpc) is 3.11. The molecule has 1 amide bonds. The molecule has 3 aromatic heterocycles. The molecule has 0 bridgehead atoms. The van der Waals surface area contributed by atoms with Crippen LogP contribution in [0.25, 0.3) is 11.3 Å². The molecule has 4 heterocycles. The molecule has 0 radical (unpaired) electrons. The number of aromatic nitrogens is 4. The number of fused-ring (bicyclic) bond motifs is 1. The van der Waals surface area contributed by atoms with E-state index >= 15 is 0 Å². The lowest BCUT2D eigenvalue weighted by Crippen LogP contribution is -2.29. The molecule has 1 unspecified atom stereocenters. The Labute approximate surface area is 178 Å². The van der Waals surface area contributed by atoms with E-state index in [1.165, 1.54) is 25.6 Å². The highest BCUT2D eigenvalue weighted by Gasteiger charge is 2.28. The minimum Gasteiger partial charge on any atom is -0.481 e. The summed E-state index contributed by atoms with van der Waals surface area (Å²) in [5.74, 6) is -2.91. The molecule has 0 spiro atoms. The Balaban J connectivity index is 1.62. The molecule has 7 nitrogen and oxygen atoms in total. The van der Waals surface area contributed by atoms with Gasteiger partial charge in [0.2, 0.25) is 5.88 Å². The first-order valence-electron chi connectivity index (χ1n) is 10.1. The number of hydrogen-bond acceptors (Lipinski definition) is 5. The van der Waals surface area contributed by atoms with E-state index in [4.69, 9.17) is 4.74 Å². The molecule has 0 saturated carbocycles. The molecule has 0 aromatic carbocycles. The van der Waals surface area contributed by atoms with Crippen LogP contribution in [0.1, 0.15) is 54.0 Å². The third-order valence-corrected chi connectivity index (χ3v) is 5.30. The van der Waals surface area contributed by atoms with Crippen LogP contribution >= 0.6 is 0 Å². The van der Waals surface area contributed by atoms with Crippen LogP contribution in [0, 0.1) is 0 Å². The van der Waals surface area contributed by atoms with Gasteiger partial charge in [-0.2, -0.15) is 13.9 Å². The first-order chi connectivity index (χ1) is 14.8. The number of hydrogen-bond donors (Lipinski definition) is 1. The van der Waals surface area contributed by atoms with Gasteiger partial charge >= 0.3 is 0 Å². The zero-order valence-corrected chi connectivity index (χ0v) is 17.3. The number of alkyl halides is 2. The standard InChI is InChI=1S/C22H23F2N5O2/c1-22(23,24)19-11-14(6-8-25-19)17-13-18-16(5-3-4-10-29(18)28-17)27-21(30)15-7-9-26-20(12-15)31-2/h6-9,11-13,16H,3-5,10H2,1-2H3,(H,27,30). The molecule has 0 aliphatic carbocycles. The van der Waals surface area contributed by atoms with Gasteiger partial charge in [-0.1, -0.05) is 0 Å². The molecule has 3 aromatic rings. The van der Waals surface area contributed by atoms with Crippen molar-refractivity contribution >= 4 is 5.91 Å². The van der Waals surface area contributed by atoms with E-state index in [1.54, 1.807) is 18.2 Å². The minimum atomic E-state index is -3.03. The lowest BCUT2D eigenvalue weighted by atomic mass is 10.1. The lowest BCUT2D eigenvalue weighted by Gasteiger charge is -2.17. The van der Waals surface area contributed by atoms with Crippen molar-refractivity contribution in [3.63, 3.8) is 0 Å². The SMILES string of the molecule is COc1cc(C(=O)NC2CCCCn3nc(-c4ccnc(C(C)(F)F)c4)cc32)ccn1. The fraction of sp³-hybridized carbons (Fsp3) is 0.364. The van der Waals surface area contributed by atoms with Gasteiger partial charge in [0, 0.05) is 43.1 Å². The Morgan fingerprint density at radius 2 is 2.00 bits per heavy atom. The summed E-state index contributed by atoms with van der Waals surface area (Å²) in [6.07, 6.45) is 5.49.